The second-order valence-corrected chi connectivity index (χ2v) is 5.82. The maximum Gasteiger partial charge on any atom is 0.338 e. The Morgan fingerprint density at radius 2 is 1.50 bits per heavy atom. The van der Waals surface area contributed by atoms with E-state index in [1.54, 1.807) is 0 Å². The summed E-state index contributed by atoms with van der Waals surface area (Å²) in [7, 11) is -1.60. The van der Waals surface area contributed by atoms with E-state index in [1.165, 1.54) is 0 Å². The fourth-order valence-corrected chi connectivity index (χ4v) is 3.36. The summed E-state index contributed by atoms with van der Waals surface area (Å²) in [4.78, 5) is 0. The van der Waals surface area contributed by atoms with E-state index < -0.39 is 9.28 Å². The summed E-state index contributed by atoms with van der Waals surface area (Å²) in [6.45, 7) is 7.94. The van der Waals surface area contributed by atoms with Crippen molar-refractivity contribution in [2.24, 2.45) is 5.73 Å². The second kappa shape index (κ2) is 9.64. The first kappa shape index (κ1) is 14.1. The summed E-state index contributed by atoms with van der Waals surface area (Å²) in [6, 6.07) is 0. The van der Waals surface area contributed by atoms with Gasteiger partial charge in [0.2, 0.25) is 0 Å². The van der Waals surface area contributed by atoms with Gasteiger partial charge >= 0.3 is 9.28 Å². The molecule has 0 fully saturated rings. The van der Waals surface area contributed by atoms with Crippen LogP contribution in [0.25, 0.3) is 0 Å². The van der Waals surface area contributed by atoms with Gasteiger partial charge in [-0.1, -0.05) is 27.2 Å². The van der Waals surface area contributed by atoms with Crippen molar-refractivity contribution < 1.29 is 8.85 Å². The van der Waals surface area contributed by atoms with Crippen molar-refractivity contribution in [2.75, 3.05) is 13.2 Å². The molecule has 1 atom stereocenters. The molecule has 3 nitrogen and oxygen atoms in total. The smallest absolute Gasteiger partial charge is 0.338 e. The zero-order valence-electron chi connectivity index (χ0n) is 9.79. The average molecular weight is 219 g/mol. The molecule has 14 heavy (non-hydrogen) atoms. The first-order valence-electron chi connectivity index (χ1n) is 5.74. The number of hydrogen-bond donors (Lipinski definition) is 1. The van der Waals surface area contributed by atoms with Crippen LogP contribution in [0.1, 0.15) is 46.5 Å². The summed E-state index contributed by atoms with van der Waals surface area (Å²) in [5.41, 5.74) is 6.17. The summed E-state index contributed by atoms with van der Waals surface area (Å²) >= 11 is 0. The third kappa shape index (κ3) is 6.54. The highest BCUT2D eigenvalue weighted by Gasteiger charge is 2.21. The van der Waals surface area contributed by atoms with Gasteiger partial charge in [0.05, 0.1) is 0 Å². The van der Waals surface area contributed by atoms with E-state index in [-0.39, 0.29) is 5.67 Å². The zero-order chi connectivity index (χ0) is 10.8. The molecule has 0 aliphatic carbocycles. The Morgan fingerprint density at radius 3 is 1.86 bits per heavy atom. The minimum absolute atomic E-state index is 0.151. The largest absolute Gasteiger partial charge is 0.396 e. The van der Waals surface area contributed by atoms with Crippen molar-refractivity contribution in [1.82, 2.24) is 0 Å². The molecular weight excluding hydrogens is 194 g/mol. The van der Waals surface area contributed by atoms with Crippen molar-refractivity contribution in [3.8, 4) is 0 Å². The predicted molar refractivity (Wildman–Crippen MR) is 62.5 cm³/mol. The first-order valence-corrected chi connectivity index (χ1v) is 7.35. The summed E-state index contributed by atoms with van der Waals surface area (Å²) in [5.74, 6) is 0. The van der Waals surface area contributed by atoms with Crippen molar-refractivity contribution in [2.45, 2.75) is 52.1 Å². The Balaban J connectivity index is 3.81. The molecule has 0 spiro atoms. The molecule has 4 heteroatoms. The fraction of sp³-hybridized carbons (Fsp3) is 1.00. The van der Waals surface area contributed by atoms with Gasteiger partial charge in [-0.15, -0.1) is 0 Å². The molecule has 0 bridgehead atoms. The molecule has 0 amide bonds. The van der Waals surface area contributed by atoms with Crippen molar-refractivity contribution in [3.63, 3.8) is 0 Å². The van der Waals surface area contributed by atoms with E-state index in [0.29, 0.717) is 0 Å². The minimum Gasteiger partial charge on any atom is -0.396 e. The lowest BCUT2D eigenvalue weighted by molar-refractivity contribution is 0.187. The van der Waals surface area contributed by atoms with E-state index >= 15 is 0 Å². The Hall–Kier alpha value is 0.0969. The molecule has 0 saturated heterocycles. The maximum absolute atomic E-state index is 6.02. The Labute approximate surface area is 89.8 Å². The lowest BCUT2D eigenvalue weighted by Crippen LogP contribution is -2.44. The van der Waals surface area contributed by atoms with Crippen LogP contribution in [0, 0.1) is 0 Å². The van der Waals surface area contributed by atoms with E-state index in [9.17, 15) is 0 Å². The predicted octanol–water partition coefficient (Wildman–Crippen LogP) is 1.73. The number of rotatable bonds is 9. The maximum atomic E-state index is 6.02. The topological polar surface area (TPSA) is 44.5 Å². The fourth-order valence-electron chi connectivity index (χ4n) is 1.23. The third-order valence-electron chi connectivity index (χ3n) is 1.94. The highest BCUT2D eigenvalue weighted by atomic mass is 28.3. The molecular formula is C10H25NO2Si. The first-order chi connectivity index (χ1) is 6.76. The number of nitrogens with two attached hydrogens (primary N) is 1. The van der Waals surface area contributed by atoms with Gasteiger partial charge in [0, 0.05) is 18.9 Å². The Bertz CT molecular complexity index is 117. The second-order valence-electron chi connectivity index (χ2n) is 3.56. The summed E-state index contributed by atoms with van der Waals surface area (Å²) in [6.07, 6.45) is 4.20. The molecule has 86 valence electrons. The average Bonchev–Trinajstić information content (AvgIpc) is 2.18. The summed E-state index contributed by atoms with van der Waals surface area (Å²) in [5, 5.41) is 0. The van der Waals surface area contributed by atoms with E-state index in [1.807, 2.05) is 0 Å². The van der Waals surface area contributed by atoms with Crippen LogP contribution < -0.4 is 5.73 Å². The SMILES string of the molecule is CCCO[SiH](OCCC)C(N)CCC. The van der Waals surface area contributed by atoms with Gasteiger partial charge in [-0.25, -0.2) is 0 Å². The molecule has 1 unspecified atom stereocenters. The van der Waals surface area contributed by atoms with Gasteiger partial charge in [-0.05, 0) is 19.3 Å². The molecule has 0 aliphatic rings. The third-order valence-corrected chi connectivity index (χ3v) is 4.11. The van der Waals surface area contributed by atoms with Crippen LogP contribution >= 0.6 is 0 Å². The van der Waals surface area contributed by atoms with E-state index in [4.69, 9.17) is 14.6 Å². The van der Waals surface area contributed by atoms with Crippen LogP contribution in [-0.4, -0.2) is 28.2 Å². The highest BCUT2D eigenvalue weighted by molar-refractivity contribution is 6.46. The van der Waals surface area contributed by atoms with Gasteiger partial charge < -0.3 is 14.6 Å². The van der Waals surface area contributed by atoms with Gasteiger partial charge in [0.25, 0.3) is 0 Å². The molecule has 0 radical (unpaired) electrons. The van der Waals surface area contributed by atoms with E-state index in [0.717, 1.165) is 38.9 Å². The van der Waals surface area contributed by atoms with Crippen LogP contribution in [-0.2, 0) is 8.85 Å². The van der Waals surface area contributed by atoms with Gasteiger partial charge in [0.1, 0.15) is 0 Å². The normalized spacial score (nSPS) is 13.5. The lowest BCUT2D eigenvalue weighted by atomic mass is 10.3. The van der Waals surface area contributed by atoms with E-state index in [2.05, 4.69) is 20.8 Å². The highest BCUT2D eigenvalue weighted by Crippen LogP contribution is 2.03. The van der Waals surface area contributed by atoms with Crippen LogP contribution in [0.4, 0.5) is 0 Å². The van der Waals surface area contributed by atoms with Crippen LogP contribution in [0.15, 0.2) is 0 Å². The van der Waals surface area contributed by atoms with Crippen molar-refractivity contribution >= 4 is 9.28 Å². The molecule has 0 aromatic carbocycles. The quantitative estimate of drug-likeness (QED) is 0.601. The summed E-state index contributed by atoms with van der Waals surface area (Å²) < 4.78 is 11.4. The van der Waals surface area contributed by atoms with Crippen LogP contribution in [0.3, 0.4) is 0 Å². The van der Waals surface area contributed by atoms with Crippen molar-refractivity contribution in [1.29, 1.82) is 0 Å². The molecule has 0 aliphatic heterocycles. The molecule has 2 N–H and O–H groups in total. The minimum atomic E-state index is -1.60. The molecule has 0 aromatic rings. The van der Waals surface area contributed by atoms with Crippen LogP contribution in [0.5, 0.6) is 0 Å². The lowest BCUT2D eigenvalue weighted by Gasteiger charge is -2.21. The van der Waals surface area contributed by atoms with Gasteiger partial charge in [0.15, 0.2) is 0 Å². The Kier molecular flexibility index (Phi) is 9.71. The molecule has 0 heterocycles. The van der Waals surface area contributed by atoms with Crippen molar-refractivity contribution in [3.05, 3.63) is 0 Å². The molecule has 0 saturated carbocycles. The van der Waals surface area contributed by atoms with Gasteiger partial charge in [-0.3, -0.25) is 0 Å². The zero-order valence-corrected chi connectivity index (χ0v) is 10.9. The molecule has 0 aromatic heterocycles. The van der Waals surface area contributed by atoms with Crippen LogP contribution in [0.2, 0.25) is 0 Å². The Morgan fingerprint density at radius 1 is 1.00 bits per heavy atom. The van der Waals surface area contributed by atoms with Gasteiger partial charge in [-0.2, -0.15) is 0 Å². The molecule has 0 rings (SSSR count). The standard InChI is InChI=1S/C10H25NO2Si/c1-4-7-10(11)14(12-8-5-2)13-9-6-3/h10,14H,4-9,11H2,1-3H3. The monoisotopic (exact) mass is 219 g/mol. The number of hydrogen-bond acceptors (Lipinski definition) is 3.